The minimum absolute atomic E-state index is 0.241. The molecule has 20 heavy (non-hydrogen) atoms. The summed E-state index contributed by atoms with van der Waals surface area (Å²) in [6.45, 7) is 9.07. The van der Waals surface area contributed by atoms with Gasteiger partial charge >= 0.3 is 0 Å². The van der Waals surface area contributed by atoms with Gasteiger partial charge in [0.2, 0.25) is 0 Å². The van der Waals surface area contributed by atoms with Crippen molar-refractivity contribution in [1.82, 2.24) is 5.32 Å². The van der Waals surface area contributed by atoms with Gasteiger partial charge in [0.05, 0.1) is 11.0 Å². The maximum absolute atomic E-state index is 12.0. The first-order valence-corrected chi connectivity index (χ1v) is 10.1. The van der Waals surface area contributed by atoms with E-state index in [4.69, 9.17) is 0 Å². The predicted octanol–water partition coefficient (Wildman–Crippen LogP) is 3.39. The van der Waals surface area contributed by atoms with E-state index in [0.29, 0.717) is 17.7 Å². The Morgan fingerprint density at radius 3 is 2.45 bits per heavy atom. The van der Waals surface area contributed by atoms with Crippen LogP contribution in [0, 0.1) is 11.8 Å². The first-order valence-electron chi connectivity index (χ1n) is 8.35. The molecule has 1 N–H and O–H groups in total. The Morgan fingerprint density at radius 2 is 1.90 bits per heavy atom. The summed E-state index contributed by atoms with van der Waals surface area (Å²) in [5, 5.41) is 3.40. The standard InChI is InChI=1S/C16H33NO2S/c1-5-10-17-16-8-7-14(6-2)12-15(16)9-11-20(18,19)13(3)4/h13-17H,5-12H2,1-4H3. The zero-order valence-electron chi connectivity index (χ0n) is 13.7. The minimum atomic E-state index is -2.89. The number of hydrogen-bond acceptors (Lipinski definition) is 3. The van der Waals surface area contributed by atoms with Gasteiger partial charge in [-0.25, -0.2) is 8.42 Å². The third kappa shape index (κ3) is 5.36. The highest BCUT2D eigenvalue weighted by Gasteiger charge is 2.30. The zero-order valence-corrected chi connectivity index (χ0v) is 14.5. The first kappa shape index (κ1) is 18.0. The van der Waals surface area contributed by atoms with Crippen molar-refractivity contribution < 1.29 is 8.42 Å². The van der Waals surface area contributed by atoms with Crippen molar-refractivity contribution in [2.45, 2.75) is 77.5 Å². The highest BCUT2D eigenvalue weighted by molar-refractivity contribution is 7.91. The Balaban J connectivity index is 2.59. The maximum Gasteiger partial charge on any atom is 0.152 e. The van der Waals surface area contributed by atoms with Crippen molar-refractivity contribution >= 4 is 9.84 Å². The van der Waals surface area contributed by atoms with Crippen LogP contribution in [0.15, 0.2) is 0 Å². The molecule has 3 nitrogen and oxygen atoms in total. The highest BCUT2D eigenvalue weighted by Crippen LogP contribution is 2.33. The van der Waals surface area contributed by atoms with E-state index >= 15 is 0 Å². The summed E-state index contributed by atoms with van der Waals surface area (Å²) in [5.74, 6) is 1.69. The normalized spacial score (nSPS) is 27.9. The van der Waals surface area contributed by atoms with E-state index in [9.17, 15) is 8.42 Å². The monoisotopic (exact) mass is 303 g/mol. The van der Waals surface area contributed by atoms with E-state index in [-0.39, 0.29) is 5.25 Å². The molecule has 0 aliphatic heterocycles. The molecular weight excluding hydrogens is 270 g/mol. The van der Waals surface area contributed by atoms with Crippen LogP contribution in [-0.4, -0.2) is 32.0 Å². The summed E-state index contributed by atoms with van der Waals surface area (Å²) in [6, 6.07) is 0.528. The molecule has 3 unspecified atom stereocenters. The van der Waals surface area contributed by atoms with Crippen LogP contribution in [0.25, 0.3) is 0 Å². The van der Waals surface area contributed by atoms with Gasteiger partial charge in [-0.1, -0.05) is 20.3 Å². The van der Waals surface area contributed by atoms with Crippen LogP contribution in [0.5, 0.6) is 0 Å². The van der Waals surface area contributed by atoms with Crippen LogP contribution in [0.2, 0.25) is 0 Å². The Morgan fingerprint density at radius 1 is 1.20 bits per heavy atom. The maximum atomic E-state index is 12.0. The molecule has 120 valence electrons. The van der Waals surface area contributed by atoms with Crippen LogP contribution in [0.4, 0.5) is 0 Å². The molecule has 1 aliphatic rings. The lowest BCUT2D eigenvalue weighted by molar-refractivity contribution is 0.195. The molecule has 0 bridgehead atoms. The number of rotatable bonds is 8. The van der Waals surface area contributed by atoms with Gasteiger partial charge < -0.3 is 5.32 Å². The Kier molecular flexibility index (Phi) is 7.52. The fraction of sp³-hybridized carbons (Fsp3) is 1.00. The van der Waals surface area contributed by atoms with Crippen LogP contribution in [-0.2, 0) is 9.84 Å². The van der Waals surface area contributed by atoms with Gasteiger partial charge in [0, 0.05) is 6.04 Å². The molecule has 1 saturated carbocycles. The molecule has 1 rings (SSSR count). The summed E-state index contributed by atoms with van der Waals surface area (Å²) in [7, 11) is -2.89. The molecule has 0 aromatic heterocycles. The van der Waals surface area contributed by atoms with Gasteiger partial charge in [0.25, 0.3) is 0 Å². The van der Waals surface area contributed by atoms with Crippen molar-refractivity contribution in [3.8, 4) is 0 Å². The molecule has 0 spiro atoms. The number of hydrogen-bond donors (Lipinski definition) is 1. The van der Waals surface area contributed by atoms with E-state index in [1.165, 1.54) is 25.7 Å². The van der Waals surface area contributed by atoms with Crippen molar-refractivity contribution in [1.29, 1.82) is 0 Å². The van der Waals surface area contributed by atoms with E-state index in [1.807, 2.05) is 0 Å². The molecule has 3 atom stereocenters. The molecule has 0 radical (unpaired) electrons. The second kappa shape index (κ2) is 8.38. The molecular formula is C16H33NO2S. The van der Waals surface area contributed by atoms with Gasteiger partial charge in [-0.2, -0.15) is 0 Å². The van der Waals surface area contributed by atoms with Gasteiger partial charge in [-0.05, 0) is 64.3 Å². The average Bonchev–Trinajstić information content (AvgIpc) is 2.43. The van der Waals surface area contributed by atoms with Gasteiger partial charge in [0.15, 0.2) is 9.84 Å². The van der Waals surface area contributed by atoms with Crippen LogP contribution >= 0.6 is 0 Å². The molecule has 0 saturated heterocycles. The van der Waals surface area contributed by atoms with Crippen molar-refractivity contribution in [3.05, 3.63) is 0 Å². The summed E-state index contributed by atoms with van der Waals surface area (Å²) in [6.07, 6.45) is 6.92. The molecule has 0 aromatic rings. The number of nitrogens with one attached hydrogen (secondary N) is 1. The summed E-state index contributed by atoms with van der Waals surface area (Å²) in [4.78, 5) is 0. The van der Waals surface area contributed by atoms with Crippen molar-refractivity contribution in [3.63, 3.8) is 0 Å². The third-order valence-electron chi connectivity index (χ3n) is 4.82. The Bertz CT molecular complexity index is 365. The zero-order chi connectivity index (χ0) is 15.2. The fourth-order valence-corrected chi connectivity index (χ4v) is 4.30. The molecule has 0 aromatic carbocycles. The largest absolute Gasteiger partial charge is 0.314 e. The highest BCUT2D eigenvalue weighted by atomic mass is 32.2. The van der Waals surface area contributed by atoms with E-state index in [2.05, 4.69) is 19.2 Å². The van der Waals surface area contributed by atoms with Gasteiger partial charge in [0.1, 0.15) is 0 Å². The SMILES string of the molecule is CCCNC1CCC(CC)CC1CCS(=O)(=O)C(C)C. The first-order chi connectivity index (χ1) is 9.40. The fourth-order valence-electron chi connectivity index (χ4n) is 3.20. The lowest BCUT2D eigenvalue weighted by Crippen LogP contribution is -2.41. The second-order valence-corrected chi connectivity index (χ2v) is 9.29. The van der Waals surface area contributed by atoms with Gasteiger partial charge in [-0.15, -0.1) is 0 Å². The smallest absolute Gasteiger partial charge is 0.152 e. The second-order valence-electron chi connectivity index (χ2n) is 6.61. The molecule has 0 amide bonds. The van der Waals surface area contributed by atoms with Crippen molar-refractivity contribution in [2.24, 2.45) is 11.8 Å². The Hall–Kier alpha value is -0.0900. The summed E-state index contributed by atoms with van der Waals surface area (Å²) >= 11 is 0. The average molecular weight is 304 g/mol. The molecule has 4 heteroatoms. The Labute approximate surface area is 125 Å². The molecule has 0 heterocycles. The molecule has 1 aliphatic carbocycles. The third-order valence-corrected chi connectivity index (χ3v) is 7.06. The van der Waals surface area contributed by atoms with Crippen LogP contribution < -0.4 is 5.32 Å². The van der Waals surface area contributed by atoms with Crippen LogP contribution in [0.3, 0.4) is 0 Å². The van der Waals surface area contributed by atoms with E-state index in [0.717, 1.165) is 25.3 Å². The quantitative estimate of drug-likeness (QED) is 0.747. The van der Waals surface area contributed by atoms with Crippen LogP contribution in [0.1, 0.15) is 66.2 Å². The van der Waals surface area contributed by atoms with E-state index < -0.39 is 9.84 Å². The predicted molar refractivity (Wildman–Crippen MR) is 86.7 cm³/mol. The topological polar surface area (TPSA) is 46.2 Å². The number of sulfone groups is 1. The molecule has 1 fully saturated rings. The lowest BCUT2D eigenvalue weighted by Gasteiger charge is -2.36. The van der Waals surface area contributed by atoms with Gasteiger partial charge in [-0.3, -0.25) is 0 Å². The van der Waals surface area contributed by atoms with Crippen molar-refractivity contribution in [2.75, 3.05) is 12.3 Å². The summed E-state index contributed by atoms with van der Waals surface area (Å²) in [5.41, 5.74) is 0. The minimum Gasteiger partial charge on any atom is -0.314 e. The lowest BCUT2D eigenvalue weighted by atomic mass is 9.76. The summed E-state index contributed by atoms with van der Waals surface area (Å²) < 4.78 is 24.0. The van der Waals surface area contributed by atoms with E-state index in [1.54, 1.807) is 13.8 Å².